The number of amides is 1. The molecule has 1 heterocycles. The van der Waals surface area contributed by atoms with Crippen LogP contribution in [0.5, 0.6) is 5.75 Å². The molecule has 2 N–H and O–H groups in total. The molecule has 34 heavy (non-hydrogen) atoms. The van der Waals surface area contributed by atoms with E-state index in [1.54, 1.807) is 36.4 Å². The molecular weight excluding hydrogens is 474 g/mol. The van der Waals surface area contributed by atoms with Crippen molar-refractivity contribution < 1.29 is 17.9 Å². The average molecular weight is 502 g/mol. The molecule has 3 aromatic rings. The summed E-state index contributed by atoms with van der Waals surface area (Å²) >= 11 is 0.995. The highest BCUT2D eigenvalue weighted by molar-refractivity contribution is 7.99. The van der Waals surface area contributed by atoms with Crippen LogP contribution in [0.1, 0.15) is 33.3 Å². The topological polar surface area (TPSA) is 118 Å². The lowest BCUT2D eigenvalue weighted by molar-refractivity contribution is -0.113. The maximum atomic E-state index is 12.9. The zero-order valence-corrected chi connectivity index (χ0v) is 21.0. The highest BCUT2D eigenvalue weighted by Crippen LogP contribution is 2.25. The molecule has 0 atom stereocenters. The number of rotatable bonds is 8. The third kappa shape index (κ3) is 6.27. The summed E-state index contributed by atoms with van der Waals surface area (Å²) in [4.78, 5) is 30.8. The van der Waals surface area contributed by atoms with Gasteiger partial charge in [0.2, 0.25) is 15.7 Å². The van der Waals surface area contributed by atoms with E-state index in [1.807, 2.05) is 27.7 Å². The number of hydrogen-bond donors (Lipinski definition) is 2. The number of carbonyl (C=O) groups is 1. The Morgan fingerprint density at radius 1 is 1.09 bits per heavy atom. The fourth-order valence-electron chi connectivity index (χ4n) is 3.02. The van der Waals surface area contributed by atoms with E-state index in [4.69, 9.17) is 4.74 Å². The molecular formula is C24H27N3O5S2. The van der Waals surface area contributed by atoms with E-state index in [9.17, 15) is 18.0 Å². The fraction of sp³-hybridized carbons (Fsp3) is 0.292. The van der Waals surface area contributed by atoms with E-state index in [2.05, 4.69) is 15.3 Å². The first-order chi connectivity index (χ1) is 16.0. The normalized spacial score (nSPS) is 11.8. The lowest BCUT2D eigenvalue weighted by atomic mass is 9.87. The van der Waals surface area contributed by atoms with Gasteiger partial charge in [0, 0.05) is 5.69 Å². The Balaban J connectivity index is 1.66. The molecule has 8 nitrogen and oxygen atoms in total. The van der Waals surface area contributed by atoms with Gasteiger partial charge in [0.1, 0.15) is 5.75 Å². The van der Waals surface area contributed by atoms with Gasteiger partial charge >= 0.3 is 0 Å². The number of thioether (sulfide) groups is 1. The third-order valence-corrected chi connectivity index (χ3v) is 7.50. The van der Waals surface area contributed by atoms with Crippen LogP contribution in [0.4, 0.5) is 5.69 Å². The standard InChI is InChI=1S/C24H27N3O5S2/c1-5-32-18-10-8-17(9-11-18)26-21(28)15-33-23-25-14-20(22(29)27-23)34(30,31)19-12-6-16(7-13-19)24(2,3)4/h6-14H,5,15H2,1-4H3,(H,26,28)(H,25,27,29). The van der Waals surface area contributed by atoms with Crippen molar-refractivity contribution in [1.29, 1.82) is 0 Å². The Kier molecular flexibility index (Phi) is 7.83. The number of nitrogens with zero attached hydrogens (tertiary/aromatic N) is 1. The summed E-state index contributed by atoms with van der Waals surface area (Å²) in [7, 11) is -4.03. The zero-order chi connectivity index (χ0) is 24.9. The molecule has 2 aromatic carbocycles. The monoisotopic (exact) mass is 501 g/mol. The molecule has 180 valence electrons. The number of carbonyl (C=O) groups excluding carboxylic acids is 1. The van der Waals surface area contributed by atoms with Crippen LogP contribution in [0.3, 0.4) is 0 Å². The van der Waals surface area contributed by atoms with Gasteiger partial charge in [-0.05, 0) is 54.3 Å². The molecule has 0 aliphatic heterocycles. The van der Waals surface area contributed by atoms with Crippen molar-refractivity contribution in [1.82, 2.24) is 9.97 Å². The van der Waals surface area contributed by atoms with Crippen molar-refractivity contribution in [2.45, 2.75) is 48.1 Å². The lowest BCUT2D eigenvalue weighted by Gasteiger charge is -2.19. The molecule has 10 heteroatoms. The minimum Gasteiger partial charge on any atom is -0.494 e. The van der Waals surface area contributed by atoms with Crippen LogP contribution >= 0.6 is 11.8 Å². The summed E-state index contributed by atoms with van der Waals surface area (Å²) in [6.45, 7) is 8.52. The summed E-state index contributed by atoms with van der Waals surface area (Å²) in [5.74, 6) is 0.389. The largest absolute Gasteiger partial charge is 0.494 e. The van der Waals surface area contributed by atoms with Crippen LogP contribution in [0.25, 0.3) is 0 Å². The summed E-state index contributed by atoms with van der Waals surface area (Å²) in [5.41, 5.74) is 0.673. The molecule has 0 aliphatic carbocycles. The predicted molar refractivity (Wildman–Crippen MR) is 132 cm³/mol. The number of aromatic nitrogens is 2. The quantitative estimate of drug-likeness (QED) is 0.353. The molecule has 0 unspecified atom stereocenters. The number of benzene rings is 2. The number of nitrogens with one attached hydrogen (secondary N) is 2. The van der Waals surface area contributed by atoms with Gasteiger partial charge < -0.3 is 15.0 Å². The summed E-state index contributed by atoms with van der Waals surface area (Å²) in [6, 6.07) is 13.4. The summed E-state index contributed by atoms with van der Waals surface area (Å²) < 4.78 is 31.2. The average Bonchev–Trinajstić information content (AvgIpc) is 2.78. The van der Waals surface area contributed by atoms with Gasteiger partial charge in [-0.25, -0.2) is 13.4 Å². The zero-order valence-electron chi connectivity index (χ0n) is 19.4. The predicted octanol–water partition coefficient (Wildman–Crippen LogP) is 4.03. The maximum absolute atomic E-state index is 12.9. The lowest BCUT2D eigenvalue weighted by Crippen LogP contribution is -2.20. The number of aromatic amines is 1. The highest BCUT2D eigenvalue weighted by Gasteiger charge is 2.23. The first kappa shape index (κ1) is 25.5. The molecule has 0 fully saturated rings. The Morgan fingerprint density at radius 2 is 1.74 bits per heavy atom. The van der Waals surface area contributed by atoms with Crippen molar-refractivity contribution in [2.75, 3.05) is 17.7 Å². The van der Waals surface area contributed by atoms with Gasteiger partial charge in [0.25, 0.3) is 5.56 Å². The molecule has 0 spiro atoms. The molecule has 0 saturated carbocycles. The van der Waals surface area contributed by atoms with E-state index in [0.29, 0.717) is 18.0 Å². The second-order valence-corrected chi connectivity index (χ2v) is 11.3. The van der Waals surface area contributed by atoms with Gasteiger partial charge in [-0.1, -0.05) is 44.7 Å². The third-order valence-electron chi connectivity index (χ3n) is 4.85. The molecule has 1 aromatic heterocycles. The van der Waals surface area contributed by atoms with Crippen molar-refractivity contribution in [3.63, 3.8) is 0 Å². The minimum atomic E-state index is -4.03. The Hall–Kier alpha value is -3.11. The van der Waals surface area contributed by atoms with Crippen molar-refractivity contribution in [3.8, 4) is 5.75 Å². The second kappa shape index (κ2) is 10.4. The molecule has 0 bridgehead atoms. The van der Waals surface area contributed by atoms with E-state index < -0.39 is 20.3 Å². The van der Waals surface area contributed by atoms with Gasteiger partial charge in [0.05, 0.1) is 23.5 Å². The second-order valence-electron chi connectivity index (χ2n) is 8.45. The smallest absolute Gasteiger partial charge is 0.270 e. The number of hydrogen-bond acceptors (Lipinski definition) is 7. The van der Waals surface area contributed by atoms with Gasteiger partial charge in [-0.2, -0.15) is 0 Å². The van der Waals surface area contributed by atoms with Gasteiger partial charge in [-0.3, -0.25) is 9.59 Å². The number of anilines is 1. The Morgan fingerprint density at radius 3 is 2.29 bits per heavy atom. The summed E-state index contributed by atoms with van der Waals surface area (Å²) in [6.07, 6.45) is 1.03. The van der Waals surface area contributed by atoms with Crippen LogP contribution in [0.15, 0.2) is 74.5 Å². The van der Waals surface area contributed by atoms with Gasteiger partial charge in [-0.15, -0.1) is 0 Å². The SMILES string of the molecule is CCOc1ccc(NC(=O)CSc2ncc(S(=O)(=O)c3ccc(C(C)(C)C)cc3)c(=O)[nH]2)cc1. The van der Waals surface area contributed by atoms with Crippen LogP contribution in [-0.2, 0) is 20.0 Å². The van der Waals surface area contributed by atoms with Crippen LogP contribution < -0.4 is 15.6 Å². The Labute approximate surface area is 203 Å². The van der Waals surface area contributed by atoms with Crippen LogP contribution in [0.2, 0.25) is 0 Å². The molecule has 3 rings (SSSR count). The first-order valence-electron chi connectivity index (χ1n) is 10.6. The van der Waals surface area contributed by atoms with Crippen LogP contribution in [0, 0.1) is 0 Å². The number of H-pyrrole nitrogens is 1. The van der Waals surface area contributed by atoms with E-state index in [-0.39, 0.29) is 27.1 Å². The van der Waals surface area contributed by atoms with E-state index in [0.717, 1.165) is 23.5 Å². The fourth-order valence-corrected chi connectivity index (χ4v) is 4.89. The number of ether oxygens (including phenoxy) is 1. The van der Waals surface area contributed by atoms with Crippen molar-refractivity contribution in [3.05, 3.63) is 70.6 Å². The maximum Gasteiger partial charge on any atom is 0.270 e. The molecule has 0 saturated heterocycles. The summed E-state index contributed by atoms with van der Waals surface area (Å²) in [5, 5.41) is 2.88. The molecule has 1 amide bonds. The van der Waals surface area contributed by atoms with Crippen LogP contribution in [-0.4, -0.2) is 36.7 Å². The van der Waals surface area contributed by atoms with E-state index in [1.165, 1.54) is 12.1 Å². The highest BCUT2D eigenvalue weighted by atomic mass is 32.2. The Bertz CT molecular complexity index is 1310. The molecule has 0 aliphatic rings. The first-order valence-corrected chi connectivity index (χ1v) is 13.1. The number of sulfone groups is 1. The van der Waals surface area contributed by atoms with Crippen molar-refractivity contribution in [2.24, 2.45) is 0 Å². The van der Waals surface area contributed by atoms with E-state index >= 15 is 0 Å². The van der Waals surface area contributed by atoms with Gasteiger partial charge in [0.15, 0.2) is 10.1 Å². The minimum absolute atomic E-state index is 0.0166. The van der Waals surface area contributed by atoms with Crippen molar-refractivity contribution >= 4 is 33.2 Å². The molecule has 0 radical (unpaired) electrons.